The minimum Gasteiger partial charge on any atom is -0.341 e. The van der Waals surface area contributed by atoms with Crippen molar-refractivity contribution in [3.8, 4) is 0 Å². The average Bonchev–Trinajstić information content (AvgIpc) is 3.30. The molecule has 2 aliphatic carbocycles. The Hall–Kier alpha value is -2.00. The molecular formula is C25H30F2N4O2S. The molecule has 3 aliphatic heterocycles. The van der Waals surface area contributed by atoms with Crippen molar-refractivity contribution in [2.24, 2.45) is 17.8 Å². The van der Waals surface area contributed by atoms with Crippen LogP contribution in [0, 0.1) is 17.8 Å². The number of carbonyl (C=O) groups excluding carboxylic acids is 1. The van der Waals surface area contributed by atoms with Crippen LogP contribution < -0.4 is 4.90 Å². The van der Waals surface area contributed by atoms with Gasteiger partial charge in [0.05, 0.1) is 0 Å². The van der Waals surface area contributed by atoms with Crippen LogP contribution in [0.2, 0.25) is 0 Å². The lowest BCUT2D eigenvalue weighted by atomic mass is 9.59. The Morgan fingerprint density at radius 3 is 2.62 bits per heavy atom. The third-order valence-electron chi connectivity index (χ3n) is 8.81. The van der Waals surface area contributed by atoms with E-state index >= 15 is 0 Å². The largest absolute Gasteiger partial charge is 0.341 e. The van der Waals surface area contributed by atoms with Gasteiger partial charge in [-0.2, -0.15) is 0 Å². The molecule has 1 spiro atoms. The Bertz CT molecular complexity index is 1060. The van der Waals surface area contributed by atoms with Crippen LogP contribution in [0.1, 0.15) is 45.4 Å². The molecule has 0 radical (unpaired) electrons. The molecular weight excluding hydrogens is 458 g/mol. The van der Waals surface area contributed by atoms with Gasteiger partial charge in [0, 0.05) is 61.3 Å². The van der Waals surface area contributed by atoms with E-state index in [1.165, 1.54) is 0 Å². The van der Waals surface area contributed by atoms with E-state index in [4.69, 9.17) is 4.74 Å². The Morgan fingerprint density at radius 1 is 1.21 bits per heavy atom. The first kappa shape index (κ1) is 22.5. The number of ether oxygens (including phenoxy) is 1. The molecule has 1 saturated carbocycles. The van der Waals surface area contributed by atoms with Gasteiger partial charge in [-0.25, -0.2) is 18.7 Å². The number of carbonyl (C=O) groups is 1. The van der Waals surface area contributed by atoms with Crippen molar-refractivity contribution in [1.29, 1.82) is 0 Å². The van der Waals surface area contributed by atoms with Gasteiger partial charge in [-0.1, -0.05) is 6.92 Å². The zero-order valence-electron chi connectivity index (χ0n) is 19.5. The highest BCUT2D eigenvalue weighted by Gasteiger charge is 2.67. The molecule has 0 bridgehead atoms. The number of hydrogen-bond acceptors (Lipinski definition) is 6. The first-order chi connectivity index (χ1) is 16.4. The first-order valence-electron chi connectivity index (χ1n) is 12.3. The number of aromatic nitrogens is 2. The molecule has 3 unspecified atom stereocenters. The molecule has 6 nitrogen and oxygen atoms in total. The standard InChI is InChI=1S/C25H30F2N4O2S/c1-3-25-5-4-21(19-12-18-17(19)10-15(26)11-20(18)27)31(25)22(32)24(33-25)6-8-30(9-7-24)23-28-13-16(34-2)14-29-23/h10-11,13-14,17-19,21H,3-9,12H2,1-2H3/t17?,18?,19?,21-,25+/m0/s1. The van der Waals surface area contributed by atoms with Crippen LogP contribution in [-0.4, -0.2) is 57.5 Å². The molecule has 4 heterocycles. The number of halogens is 2. The third-order valence-corrected chi connectivity index (χ3v) is 9.50. The van der Waals surface area contributed by atoms with E-state index in [1.54, 1.807) is 17.8 Å². The average molecular weight is 489 g/mol. The van der Waals surface area contributed by atoms with Gasteiger partial charge in [-0.05, 0) is 49.9 Å². The molecule has 6 rings (SSSR count). The summed E-state index contributed by atoms with van der Waals surface area (Å²) in [6.45, 7) is 3.38. The SMILES string of the molecule is CC[C@@]12CC[C@@H](C3CC4C(F)=CC(F)=CC43)N1C(=O)C1(CCN(c3ncc(SC)cn3)CC1)O2. The summed E-state index contributed by atoms with van der Waals surface area (Å²) in [5.74, 6) is -0.442. The number of allylic oxidation sites excluding steroid dienone is 4. The number of rotatable bonds is 4. The zero-order valence-corrected chi connectivity index (χ0v) is 20.4. The highest BCUT2D eigenvalue weighted by atomic mass is 32.2. The van der Waals surface area contributed by atoms with Crippen LogP contribution in [0.3, 0.4) is 0 Å². The highest BCUT2D eigenvalue weighted by Crippen LogP contribution is 2.58. The number of nitrogens with zero attached hydrogens (tertiary/aromatic N) is 4. The van der Waals surface area contributed by atoms with E-state index in [0.717, 1.165) is 30.2 Å². The minimum atomic E-state index is -0.827. The number of piperidine rings is 1. The maximum atomic E-state index is 14.2. The quantitative estimate of drug-likeness (QED) is 0.576. The third kappa shape index (κ3) is 3.19. The summed E-state index contributed by atoms with van der Waals surface area (Å²) in [5.41, 5.74) is -1.43. The van der Waals surface area contributed by atoms with Gasteiger partial charge in [-0.15, -0.1) is 11.8 Å². The van der Waals surface area contributed by atoms with Crippen LogP contribution in [-0.2, 0) is 9.53 Å². The number of thioether (sulfide) groups is 1. The molecule has 4 fully saturated rings. The summed E-state index contributed by atoms with van der Waals surface area (Å²) >= 11 is 1.61. The van der Waals surface area contributed by atoms with Gasteiger partial charge in [-0.3, -0.25) is 4.79 Å². The van der Waals surface area contributed by atoms with Crippen LogP contribution in [0.25, 0.3) is 0 Å². The van der Waals surface area contributed by atoms with Crippen molar-refractivity contribution in [2.75, 3.05) is 24.2 Å². The van der Waals surface area contributed by atoms with Gasteiger partial charge in [0.2, 0.25) is 5.95 Å². The van der Waals surface area contributed by atoms with Crippen LogP contribution in [0.5, 0.6) is 0 Å². The lowest BCUT2D eigenvalue weighted by molar-refractivity contribution is -0.147. The summed E-state index contributed by atoms with van der Waals surface area (Å²) in [4.78, 5) is 28.1. The van der Waals surface area contributed by atoms with Gasteiger partial charge < -0.3 is 14.5 Å². The van der Waals surface area contributed by atoms with Crippen molar-refractivity contribution >= 4 is 23.6 Å². The van der Waals surface area contributed by atoms with E-state index in [-0.39, 0.29) is 35.5 Å². The van der Waals surface area contributed by atoms with Crippen LogP contribution >= 0.6 is 11.8 Å². The summed E-state index contributed by atoms with van der Waals surface area (Å²) in [5, 5.41) is 0. The fourth-order valence-corrected chi connectivity index (χ4v) is 7.22. The van der Waals surface area contributed by atoms with Gasteiger partial charge in [0.25, 0.3) is 5.91 Å². The molecule has 182 valence electrons. The van der Waals surface area contributed by atoms with E-state index in [2.05, 4.69) is 21.8 Å². The number of anilines is 1. The molecule has 0 N–H and O–H groups in total. The highest BCUT2D eigenvalue weighted by molar-refractivity contribution is 7.98. The molecule has 1 amide bonds. The predicted octanol–water partition coefficient (Wildman–Crippen LogP) is 4.64. The van der Waals surface area contributed by atoms with E-state index in [0.29, 0.717) is 38.3 Å². The molecule has 0 aromatic carbocycles. The van der Waals surface area contributed by atoms with Gasteiger partial charge in [0.15, 0.2) is 5.60 Å². The lowest BCUT2D eigenvalue weighted by Crippen LogP contribution is -2.55. The summed E-state index contributed by atoms with van der Waals surface area (Å²) < 4.78 is 34.9. The zero-order chi connectivity index (χ0) is 23.7. The topological polar surface area (TPSA) is 58.6 Å². The van der Waals surface area contributed by atoms with Gasteiger partial charge >= 0.3 is 0 Å². The first-order valence-corrected chi connectivity index (χ1v) is 13.5. The summed E-state index contributed by atoms with van der Waals surface area (Å²) in [6, 6.07) is -0.0246. The Balaban J connectivity index is 1.20. The molecule has 9 heteroatoms. The normalized spacial score (nSPS) is 36.2. The second kappa shape index (κ2) is 8.01. The van der Waals surface area contributed by atoms with Gasteiger partial charge in [0.1, 0.15) is 17.4 Å². The van der Waals surface area contributed by atoms with Crippen molar-refractivity contribution in [1.82, 2.24) is 14.9 Å². The molecule has 3 saturated heterocycles. The number of fused-ring (bicyclic) bond motifs is 2. The maximum Gasteiger partial charge on any atom is 0.257 e. The lowest BCUT2D eigenvalue weighted by Gasteiger charge is -2.49. The fourth-order valence-electron chi connectivity index (χ4n) is 6.91. The van der Waals surface area contributed by atoms with Crippen molar-refractivity contribution < 1.29 is 18.3 Å². The smallest absolute Gasteiger partial charge is 0.257 e. The van der Waals surface area contributed by atoms with E-state index < -0.39 is 17.2 Å². The maximum absolute atomic E-state index is 14.2. The Kier molecular flexibility index (Phi) is 5.30. The fraction of sp³-hybridized carbons (Fsp3) is 0.640. The molecule has 5 atom stereocenters. The van der Waals surface area contributed by atoms with E-state index in [1.807, 2.05) is 23.5 Å². The number of hydrogen-bond donors (Lipinski definition) is 0. The molecule has 5 aliphatic rings. The summed E-state index contributed by atoms with van der Waals surface area (Å²) in [6.07, 6.45) is 12.4. The van der Waals surface area contributed by atoms with E-state index in [9.17, 15) is 13.6 Å². The minimum absolute atomic E-state index is 0.0246. The van der Waals surface area contributed by atoms with Crippen molar-refractivity contribution in [2.45, 2.75) is 67.7 Å². The van der Waals surface area contributed by atoms with Crippen LogP contribution in [0.15, 0.2) is 41.1 Å². The van der Waals surface area contributed by atoms with Crippen molar-refractivity contribution in [3.05, 3.63) is 36.2 Å². The Morgan fingerprint density at radius 2 is 1.94 bits per heavy atom. The molecule has 1 aromatic heterocycles. The second-order valence-corrected chi connectivity index (χ2v) is 11.1. The second-order valence-electron chi connectivity index (χ2n) is 10.3. The monoisotopic (exact) mass is 488 g/mol. The number of amides is 1. The predicted molar refractivity (Wildman–Crippen MR) is 125 cm³/mol. The van der Waals surface area contributed by atoms with Crippen molar-refractivity contribution in [3.63, 3.8) is 0 Å². The Labute approximate surface area is 202 Å². The molecule has 34 heavy (non-hydrogen) atoms. The van der Waals surface area contributed by atoms with Crippen LogP contribution in [0.4, 0.5) is 14.7 Å². The summed E-state index contributed by atoms with van der Waals surface area (Å²) in [7, 11) is 0. The molecule has 1 aromatic rings.